The van der Waals surface area contributed by atoms with Gasteiger partial charge in [-0.15, -0.1) is 0 Å². The molecule has 0 aromatic carbocycles. The number of hydrogen-bond donors (Lipinski definition) is 1. The molecule has 0 radical (unpaired) electrons. The van der Waals surface area contributed by atoms with E-state index >= 15 is 0 Å². The topological polar surface area (TPSA) is 57.6 Å². The lowest BCUT2D eigenvalue weighted by Gasteiger charge is -2.50. The average molecular weight is 211 g/mol. The van der Waals surface area contributed by atoms with E-state index in [2.05, 4.69) is 0 Å². The van der Waals surface area contributed by atoms with Crippen LogP contribution in [0.25, 0.3) is 0 Å². The molecule has 4 heteroatoms. The van der Waals surface area contributed by atoms with Gasteiger partial charge in [-0.2, -0.15) is 0 Å². The minimum atomic E-state index is -0.757. The molecule has 4 nitrogen and oxygen atoms in total. The Morgan fingerprint density at radius 2 is 2.07 bits per heavy atom. The largest absolute Gasteiger partial charge is 0.481 e. The Morgan fingerprint density at radius 1 is 1.40 bits per heavy atom. The van der Waals surface area contributed by atoms with Gasteiger partial charge in [-0.3, -0.25) is 9.59 Å². The molecule has 2 fully saturated rings. The van der Waals surface area contributed by atoms with Gasteiger partial charge >= 0.3 is 5.97 Å². The lowest BCUT2D eigenvalue weighted by atomic mass is 9.62. The SMILES string of the molecule is CC(=O)N1CC(C(=O)O)CC2(CCC2)C1. The first-order valence-electron chi connectivity index (χ1n) is 5.51. The second-order valence-electron chi connectivity index (χ2n) is 4.99. The van der Waals surface area contributed by atoms with Crippen LogP contribution in [0.1, 0.15) is 32.6 Å². The molecule has 0 aromatic heterocycles. The summed E-state index contributed by atoms with van der Waals surface area (Å²) in [6.07, 6.45) is 4.10. The minimum absolute atomic E-state index is 0.00669. The number of carbonyl (C=O) groups excluding carboxylic acids is 1. The van der Waals surface area contributed by atoms with Crippen molar-refractivity contribution in [3.05, 3.63) is 0 Å². The normalized spacial score (nSPS) is 28.6. The number of carbonyl (C=O) groups is 2. The Labute approximate surface area is 89.3 Å². The quantitative estimate of drug-likeness (QED) is 0.706. The smallest absolute Gasteiger partial charge is 0.308 e. The third-order valence-corrected chi connectivity index (χ3v) is 3.86. The lowest BCUT2D eigenvalue weighted by Crippen LogP contribution is -2.53. The number of nitrogens with zero attached hydrogens (tertiary/aromatic N) is 1. The van der Waals surface area contributed by atoms with Crippen LogP contribution in [0.4, 0.5) is 0 Å². The Kier molecular flexibility index (Phi) is 2.44. The maximum absolute atomic E-state index is 11.3. The first-order valence-corrected chi connectivity index (χ1v) is 5.51. The number of carboxylic acid groups (broad SMARTS) is 1. The zero-order valence-corrected chi connectivity index (χ0v) is 9.03. The number of aliphatic carboxylic acids is 1. The minimum Gasteiger partial charge on any atom is -0.481 e. The fraction of sp³-hybridized carbons (Fsp3) is 0.818. The van der Waals surface area contributed by atoms with Crippen molar-refractivity contribution >= 4 is 11.9 Å². The van der Waals surface area contributed by atoms with Gasteiger partial charge < -0.3 is 10.0 Å². The van der Waals surface area contributed by atoms with Crippen LogP contribution in [-0.2, 0) is 9.59 Å². The summed E-state index contributed by atoms with van der Waals surface area (Å²) in [7, 11) is 0. The monoisotopic (exact) mass is 211 g/mol. The van der Waals surface area contributed by atoms with Crippen molar-refractivity contribution in [2.45, 2.75) is 32.6 Å². The van der Waals surface area contributed by atoms with E-state index in [-0.39, 0.29) is 17.2 Å². The van der Waals surface area contributed by atoms with Gasteiger partial charge in [0, 0.05) is 20.0 Å². The summed E-state index contributed by atoms with van der Waals surface area (Å²) in [6.45, 7) is 2.69. The van der Waals surface area contributed by atoms with Crippen molar-refractivity contribution in [2.75, 3.05) is 13.1 Å². The van der Waals surface area contributed by atoms with Crippen LogP contribution in [0.3, 0.4) is 0 Å². The maximum Gasteiger partial charge on any atom is 0.308 e. The van der Waals surface area contributed by atoms with Gasteiger partial charge in [0.1, 0.15) is 0 Å². The molecular formula is C11H17NO3. The van der Waals surface area contributed by atoms with Gasteiger partial charge in [-0.1, -0.05) is 6.42 Å². The van der Waals surface area contributed by atoms with E-state index in [9.17, 15) is 9.59 Å². The number of likely N-dealkylation sites (tertiary alicyclic amines) is 1. The maximum atomic E-state index is 11.3. The van der Waals surface area contributed by atoms with E-state index in [0.717, 1.165) is 25.8 Å². The molecule has 1 saturated carbocycles. The highest BCUT2D eigenvalue weighted by Crippen LogP contribution is 2.48. The van der Waals surface area contributed by atoms with Gasteiger partial charge in [0.25, 0.3) is 0 Å². The van der Waals surface area contributed by atoms with Crippen molar-refractivity contribution in [3.8, 4) is 0 Å². The van der Waals surface area contributed by atoms with Crippen LogP contribution >= 0.6 is 0 Å². The highest BCUT2D eigenvalue weighted by molar-refractivity contribution is 5.76. The standard InChI is InChI=1S/C11H17NO3/c1-8(13)12-6-9(10(14)15)5-11(7-12)3-2-4-11/h9H,2-7H2,1H3,(H,14,15). The molecule has 1 amide bonds. The molecule has 15 heavy (non-hydrogen) atoms. The predicted octanol–water partition coefficient (Wildman–Crippen LogP) is 1.11. The van der Waals surface area contributed by atoms with Gasteiger partial charge in [-0.05, 0) is 24.7 Å². The van der Waals surface area contributed by atoms with E-state index < -0.39 is 5.97 Å². The average Bonchev–Trinajstić information content (AvgIpc) is 2.14. The Bertz CT molecular complexity index is 272. The van der Waals surface area contributed by atoms with Crippen molar-refractivity contribution in [1.82, 2.24) is 4.90 Å². The molecule has 84 valence electrons. The summed E-state index contributed by atoms with van der Waals surface area (Å²) in [5.74, 6) is -1.11. The molecule has 1 N–H and O–H groups in total. The van der Waals surface area contributed by atoms with E-state index in [0.29, 0.717) is 6.54 Å². The molecular weight excluding hydrogens is 194 g/mol. The molecule has 1 saturated heterocycles. The van der Waals surface area contributed by atoms with E-state index in [1.807, 2.05) is 0 Å². The Hall–Kier alpha value is -1.06. The van der Waals surface area contributed by atoms with Gasteiger partial charge in [0.05, 0.1) is 5.92 Å². The van der Waals surface area contributed by atoms with Crippen molar-refractivity contribution < 1.29 is 14.7 Å². The van der Waals surface area contributed by atoms with Crippen LogP contribution in [0.15, 0.2) is 0 Å². The second kappa shape index (κ2) is 3.51. The van der Waals surface area contributed by atoms with E-state index in [1.54, 1.807) is 4.90 Å². The number of carboxylic acids is 1. The Balaban J connectivity index is 2.11. The zero-order chi connectivity index (χ0) is 11.1. The van der Waals surface area contributed by atoms with Crippen LogP contribution < -0.4 is 0 Å². The fourth-order valence-electron chi connectivity index (χ4n) is 2.83. The fourth-order valence-corrected chi connectivity index (χ4v) is 2.83. The van der Waals surface area contributed by atoms with Crippen LogP contribution in [-0.4, -0.2) is 35.0 Å². The molecule has 1 spiro atoms. The van der Waals surface area contributed by atoms with Crippen LogP contribution in [0, 0.1) is 11.3 Å². The molecule has 2 rings (SSSR count). The highest BCUT2D eigenvalue weighted by atomic mass is 16.4. The summed E-state index contributed by atoms with van der Waals surface area (Å²) in [6, 6.07) is 0. The first-order chi connectivity index (χ1) is 7.02. The molecule has 0 bridgehead atoms. The number of rotatable bonds is 1. The Morgan fingerprint density at radius 3 is 2.47 bits per heavy atom. The van der Waals surface area contributed by atoms with Crippen molar-refractivity contribution in [3.63, 3.8) is 0 Å². The molecule has 2 aliphatic rings. The molecule has 1 aliphatic carbocycles. The summed E-state index contributed by atoms with van der Waals surface area (Å²) in [5, 5.41) is 9.05. The third-order valence-electron chi connectivity index (χ3n) is 3.86. The molecule has 0 aromatic rings. The van der Waals surface area contributed by atoms with Crippen molar-refractivity contribution in [2.24, 2.45) is 11.3 Å². The lowest BCUT2D eigenvalue weighted by molar-refractivity contribution is -0.151. The number of amides is 1. The van der Waals surface area contributed by atoms with E-state index in [4.69, 9.17) is 5.11 Å². The summed E-state index contributed by atoms with van der Waals surface area (Å²) in [4.78, 5) is 24.0. The van der Waals surface area contributed by atoms with Crippen LogP contribution in [0.5, 0.6) is 0 Å². The first kappa shape index (κ1) is 10.5. The van der Waals surface area contributed by atoms with E-state index in [1.165, 1.54) is 13.3 Å². The summed E-state index contributed by atoms with van der Waals surface area (Å²) in [5.41, 5.74) is 0.132. The molecule has 1 aliphatic heterocycles. The number of hydrogen-bond acceptors (Lipinski definition) is 2. The van der Waals surface area contributed by atoms with Gasteiger partial charge in [0.15, 0.2) is 0 Å². The highest BCUT2D eigenvalue weighted by Gasteiger charge is 2.46. The molecule has 1 heterocycles. The predicted molar refractivity (Wildman–Crippen MR) is 54.3 cm³/mol. The number of piperidine rings is 1. The molecule has 1 atom stereocenters. The zero-order valence-electron chi connectivity index (χ0n) is 9.03. The summed E-state index contributed by atoms with van der Waals surface area (Å²) < 4.78 is 0. The summed E-state index contributed by atoms with van der Waals surface area (Å²) >= 11 is 0. The van der Waals surface area contributed by atoms with Gasteiger partial charge in [-0.25, -0.2) is 0 Å². The second-order valence-corrected chi connectivity index (χ2v) is 4.99. The molecule has 1 unspecified atom stereocenters. The van der Waals surface area contributed by atoms with Crippen LogP contribution in [0.2, 0.25) is 0 Å². The third kappa shape index (κ3) is 1.85. The van der Waals surface area contributed by atoms with Crippen molar-refractivity contribution in [1.29, 1.82) is 0 Å². The van der Waals surface area contributed by atoms with Gasteiger partial charge in [0.2, 0.25) is 5.91 Å².